The van der Waals surface area contributed by atoms with Gasteiger partial charge in [0.15, 0.2) is 0 Å². The molecule has 0 radical (unpaired) electrons. The molecule has 0 aliphatic rings. The van der Waals surface area contributed by atoms with E-state index in [4.69, 9.17) is 14.2 Å². The minimum absolute atomic E-state index is 0.0105. The summed E-state index contributed by atoms with van der Waals surface area (Å²) < 4.78 is 16.1. The van der Waals surface area contributed by atoms with E-state index in [2.05, 4.69) is 26.0 Å². The van der Waals surface area contributed by atoms with Gasteiger partial charge >= 0.3 is 5.97 Å². The molecule has 4 nitrogen and oxygen atoms in total. The maximum absolute atomic E-state index is 11.6. The minimum Gasteiger partial charge on any atom is -0.466 e. The van der Waals surface area contributed by atoms with Gasteiger partial charge in [-0.3, -0.25) is 4.79 Å². The lowest BCUT2D eigenvalue weighted by Gasteiger charge is -2.21. The Morgan fingerprint density at radius 3 is 2.59 bits per heavy atom. The van der Waals surface area contributed by atoms with Gasteiger partial charge in [0.05, 0.1) is 12.7 Å². The number of carbonyl (C=O) groups excluding carboxylic acids is 1. The normalized spacial score (nSPS) is 12.2. The Balaban J connectivity index is 2.84. The summed E-state index contributed by atoms with van der Waals surface area (Å²) in [7, 11) is 0. The topological polar surface area (TPSA) is 44.8 Å². The molecule has 0 bridgehead atoms. The third-order valence-corrected chi connectivity index (χ3v) is 3.61. The molecule has 0 saturated carbocycles. The second kappa shape index (κ2) is 10.4. The highest BCUT2D eigenvalue weighted by atomic mass is 16.7. The zero-order valence-corrected chi connectivity index (χ0v) is 14.2. The molecule has 0 unspecified atom stereocenters. The van der Waals surface area contributed by atoms with Crippen LogP contribution in [0.2, 0.25) is 0 Å². The Bertz CT molecular complexity index is 456. The second-order valence-corrected chi connectivity index (χ2v) is 5.12. The predicted octanol–water partition coefficient (Wildman–Crippen LogP) is 3.95. The molecule has 1 aromatic carbocycles. The van der Waals surface area contributed by atoms with Gasteiger partial charge < -0.3 is 14.2 Å². The third kappa shape index (κ3) is 5.78. The van der Waals surface area contributed by atoms with E-state index in [-0.39, 0.29) is 12.1 Å². The molecule has 1 rings (SSSR count). The van der Waals surface area contributed by atoms with Crippen molar-refractivity contribution in [2.75, 3.05) is 20.0 Å². The number of ether oxygens (including phenoxy) is 3. The zero-order chi connectivity index (χ0) is 16.4. The van der Waals surface area contributed by atoms with Crippen LogP contribution in [0.25, 0.3) is 0 Å². The van der Waals surface area contributed by atoms with Crippen LogP contribution in [0.4, 0.5) is 0 Å². The van der Waals surface area contributed by atoms with E-state index in [0.29, 0.717) is 32.8 Å². The van der Waals surface area contributed by atoms with Crippen LogP contribution in [0.1, 0.15) is 56.4 Å². The highest BCUT2D eigenvalue weighted by molar-refractivity contribution is 5.69. The molecule has 0 spiro atoms. The van der Waals surface area contributed by atoms with E-state index >= 15 is 0 Å². The average Bonchev–Trinajstić information content (AvgIpc) is 2.51. The summed E-state index contributed by atoms with van der Waals surface area (Å²) in [4.78, 5) is 11.6. The number of esters is 1. The van der Waals surface area contributed by atoms with Gasteiger partial charge in [-0.1, -0.05) is 25.1 Å². The van der Waals surface area contributed by atoms with Gasteiger partial charge in [0.1, 0.15) is 6.79 Å². The Morgan fingerprint density at radius 1 is 1.18 bits per heavy atom. The van der Waals surface area contributed by atoms with Crippen LogP contribution in [-0.2, 0) is 25.4 Å². The fourth-order valence-electron chi connectivity index (χ4n) is 2.47. The maximum atomic E-state index is 11.6. The Morgan fingerprint density at radius 2 is 1.95 bits per heavy atom. The summed E-state index contributed by atoms with van der Waals surface area (Å²) >= 11 is 0. The first-order valence-corrected chi connectivity index (χ1v) is 8.07. The van der Waals surface area contributed by atoms with Crippen LogP contribution in [0, 0.1) is 6.92 Å². The van der Waals surface area contributed by atoms with E-state index < -0.39 is 0 Å². The first kappa shape index (κ1) is 18.7. The Kier molecular flexibility index (Phi) is 8.78. The van der Waals surface area contributed by atoms with Crippen LogP contribution in [0.5, 0.6) is 0 Å². The molecule has 0 heterocycles. The summed E-state index contributed by atoms with van der Waals surface area (Å²) in [5, 5.41) is 0. The van der Waals surface area contributed by atoms with Crippen molar-refractivity contribution < 1.29 is 19.0 Å². The van der Waals surface area contributed by atoms with Crippen molar-refractivity contribution in [3.63, 3.8) is 0 Å². The van der Waals surface area contributed by atoms with Crippen molar-refractivity contribution in [2.45, 2.75) is 53.1 Å². The lowest BCUT2D eigenvalue weighted by atomic mass is 9.93. The Hall–Kier alpha value is -1.39. The summed E-state index contributed by atoms with van der Waals surface area (Å²) in [6.07, 6.45) is 1.93. The molecular formula is C18H28O4. The first-order valence-electron chi connectivity index (χ1n) is 8.07. The number of hydrogen-bond acceptors (Lipinski definition) is 4. The molecular weight excluding hydrogens is 280 g/mol. The van der Waals surface area contributed by atoms with Gasteiger partial charge in [-0.2, -0.15) is 0 Å². The Labute approximate surface area is 133 Å². The van der Waals surface area contributed by atoms with Gasteiger partial charge in [-0.25, -0.2) is 0 Å². The van der Waals surface area contributed by atoms with Gasteiger partial charge in [-0.05, 0) is 50.3 Å². The quantitative estimate of drug-likeness (QED) is 0.373. The van der Waals surface area contributed by atoms with E-state index in [1.54, 1.807) is 0 Å². The first-order chi connectivity index (χ1) is 10.6. The van der Waals surface area contributed by atoms with Crippen molar-refractivity contribution in [3.05, 3.63) is 34.9 Å². The standard InChI is InChI=1S/C18H28O4/c1-5-17(22-13-20-6-2)16-10-8-9-14(4)15(16)11-12-18(19)21-7-3/h8-10,17H,5-7,11-13H2,1-4H3/t17-/m1/s1. The van der Waals surface area contributed by atoms with Gasteiger partial charge in [0, 0.05) is 13.0 Å². The van der Waals surface area contributed by atoms with Crippen LogP contribution in [0.3, 0.4) is 0 Å². The maximum Gasteiger partial charge on any atom is 0.306 e. The molecule has 0 N–H and O–H groups in total. The van der Waals surface area contributed by atoms with E-state index in [9.17, 15) is 4.79 Å². The summed E-state index contributed by atoms with van der Waals surface area (Å²) in [5.41, 5.74) is 3.51. The third-order valence-electron chi connectivity index (χ3n) is 3.61. The van der Waals surface area contributed by atoms with Gasteiger partial charge in [0.2, 0.25) is 0 Å². The number of hydrogen-bond donors (Lipinski definition) is 0. The average molecular weight is 308 g/mol. The molecule has 0 amide bonds. The monoisotopic (exact) mass is 308 g/mol. The number of benzene rings is 1. The van der Waals surface area contributed by atoms with Crippen LogP contribution in [0.15, 0.2) is 18.2 Å². The van der Waals surface area contributed by atoms with Crippen LogP contribution >= 0.6 is 0 Å². The van der Waals surface area contributed by atoms with Crippen molar-refractivity contribution in [2.24, 2.45) is 0 Å². The molecule has 0 fully saturated rings. The van der Waals surface area contributed by atoms with Crippen molar-refractivity contribution >= 4 is 5.97 Å². The second-order valence-electron chi connectivity index (χ2n) is 5.12. The van der Waals surface area contributed by atoms with Crippen LogP contribution < -0.4 is 0 Å². The van der Waals surface area contributed by atoms with E-state index in [1.807, 2.05) is 19.9 Å². The van der Waals surface area contributed by atoms with E-state index in [1.165, 1.54) is 11.1 Å². The number of rotatable bonds is 10. The zero-order valence-electron chi connectivity index (χ0n) is 14.2. The molecule has 0 aromatic heterocycles. The lowest BCUT2D eigenvalue weighted by Crippen LogP contribution is -2.12. The van der Waals surface area contributed by atoms with Gasteiger partial charge in [0.25, 0.3) is 0 Å². The fraction of sp³-hybridized carbons (Fsp3) is 0.611. The van der Waals surface area contributed by atoms with E-state index in [0.717, 1.165) is 12.0 Å². The molecule has 1 aromatic rings. The summed E-state index contributed by atoms with van der Waals surface area (Å²) in [6.45, 7) is 9.29. The molecule has 0 aliphatic heterocycles. The van der Waals surface area contributed by atoms with Crippen LogP contribution in [-0.4, -0.2) is 26.0 Å². The summed E-state index contributed by atoms with van der Waals surface area (Å²) in [5.74, 6) is -0.153. The van der Waals surface area contributed by atoms with Gasteiger partial charge in [-0.15, -0.1) is 0 Å². The molecule has 0 saturated heterocycles. The molecule has 1 atom stereocenters. The SMILES string of the molecule is CCOCO[C@H](CC)c1cccc(C)c1CCC(=O)OCC. The number of aryl methyl sites for hydroxylation is 1. The minimum atomic E-state index is -0.153. The molecule has 4 heteroatoms. The van der Waals surface area contributed by atoms with Crippen molar-refractivity contribution in [3.8, 4) is 0 Å². The number of carbonyl (C=O) groups is 1. The highest BCUT2D eigenvalue weighted by Gasteiger charge is 2.16. The molecule has 124 valence electrons. The molecule has 0 aliphatic carbocycles. The van der Waals surface area contributed by atoms with Crippen molar-refractivity contribution in [1.82, 2.24) is 0 Å². The molecule has 22 heavy (non-hydrogen) atoms. The smallest absolute Gasteiger partial charge is 0.306 e. The lowest BCUT2D eigenvalue weighted by molar-refractivity contribution is -0.143. The summed E-state index contributed by atoms with van der Waals surface area (Å²) in [6, 6.07) is 6.18. The fourth-order valence-corrected chi connectivity index (χ4v) is 2.47. The predicted molar refractivity (Wildman–Crippen MR) is 86.7 cm³/mol. The highest BCUT2D eigenvalue weighted by Crippen LogP contribution is 2.28. The largest absolute Gasteiger partial charge is 0.466 e. The van der Waals surface area contributed by atoms with Crippen molar-refractivity contribution in [1.29, 1.82) is 0 Å².